The van der Waals surface area contributed by atoms with E-state index in [1.807, 2.05) is 0 Å². The maximum atomic E-state index is 11.8. The highest BCUT2D eigenvalue weighted by molar-refractivity contribution is 5.96. The Balaban J connectivity index is 1.62. The molecule has 0 aromatic carbocycles. The molecule has 0 amide bonds. The normalized spacial score (nSPS) is 21.6. The van der Waals surface area contributed by atoms with Crippen molar-refractivity contribution in [3.8, 4) is 0 Å². The first-order valence-corrected chi connectivity index (χ1v) is 8.29. The summed E-state index contributed by atoms with van der Waals surface area (Å²) in [6.45, 7) is 8.21. The number of hydrogen-bond acceptors (Lipinski definition) is 5. The maximum Gasteiger partial charge on any atom is 0.313 e. The Labute approximate surface area is 127 Å². The number of carbonyl (C=O) groups excluding carboxylic acids is 2. The van der Waals surface area contributed by atoms with Crippen molar-refractivity contribution in [1.82, 2.24) is 9.80 Å². The molecule has 0 spiro atoms. The molecular weight excluding hydrogens is 268 g/mol. The largest absolute Gasteiger partial charge is 0.466 e. The van der Waals surface area contributed by atoms with Crippen LogP contribution in [0.5, 0.6) is 0 Å². The first-order chi connectivity index (χ1) is 10.2. The molecule has 0 saturated carbocycles. The van der Waals surface area contributed by atoms with Crippen molar-refractivity contribution in [3.05, 3.63) is 0 Å². The lowest BCUT2D eigenvalue weighted by atomic mass is 9.96. The molecule has 5 nitrogen and oxygen atoms in total. The zero-order valence-electron chi connectivity index (χ0n) is 13.2. The number of hydrogen-bond donors (Lipinski definition) is 0. The van der Waals surface area contributed by atoms with E-state index < -0.39 is 5.97 Å². The molecule has 5 heteroatoms. The van der Waals surface area contributed by atoms with Crippen LogP contribution in [0.15, 0.2) is 0 Å². The van der Waals surface area contributed by atoms with Crippen LogP contribution in [0.1, 0.15) is 39.0 Å². The highest BCUT2D eigenvalue weighted by Crippen LogP contribution is 2.20. The van der Waals surface area contributed by atoms with Crippen molar-refractivity contribution in [2.45, 2.75) is 39.0 Å². The van der Waals surface area contributed by atoms with Crippen LogP contribution in [0.25, 0.3) is 0 Å². The third-order valence-electron chi connectivity index (χ3n) is 4.47. The zero-order valence-corrected chi connectivity index (χ0v) is 13.2. The summed E-state index contributed by atoms with van der Waals surface area (Å²) in [4.78, 5) is 27.8. The lowest BCUT2D eigenvalue weighted by molar-refractivity contribution is -0.145. The third-order valence-corrected chi connectivity index (χ3v) is 4.47. The molecule has 120 valence electrons. The second kappa shape index (κ2) is 8.49. The highest BCUT2D eigenvalue weighted by Gasteiger charge is 2.24. The second-order valence-corrected chi connectivity index (χ2v) is 6.25. The summed E-state index contributed by atoms with van der Waals surface area (Å²) < 4.78 is 4.81. The highest BCUT2D eigenvalue weighted by atomic mass is 16.5. The molecule has 2 saturated heterocycles. The number of likely N-dealkylation sites (tertiary alicyclic amines) is 2. The standard InChI is InChI=1S/C16H28N2O3/c1-2-21-16(20)11-15(19)13-18-9-5-14(6-10-18)12-17-7-3-4-8-17/h14H,2-13H2,1H3. The minimum absolute atomic E-state index is 0.0218. The van der Waals surface area contributed by atoms with E-state index in [9.17, 15) is 9.59 Å². The maximum absolute atomic E-state index is 11.8. The van der Waals surface area contributed by atoms with E-state index in [1.54, 1.807) is 6.92 Å². The fourth-order valence-corrected chi connectivity index (χ4v) is 3.34. The van der Waals surface area contributed by atoms with E-state index in [4.69, 9.17) is 4.74 Å². The van der Waals surface area contributed by atoms with Gasteiger partial charge in [0.1, 0.15) is 6.42 Å². The molecule has 2 heterocycles. The summed E-state index contributed by atoms with van der Waals surface area (Å²) in [5.41, 5.74) is 0. The fraction of sp³-hybridized carbons (Fsp3) is 0.875. The Morgan fingerprint density at radius 2 is 1.71 bits per heavy atom. The molecule has 2 fully saturated rings. The van der Waals surface area contributed by atoms with Gasteiger partial charge in [-0.25, -0.2) is 0 Å². The van der Waals surface area contributed by atoms with Crippen molar-refractivity contribution in [3.63, 3.8) is 0 Å². The van der Waals surface area contributed by atoms with Crippen LogP contribution in [-0.2, 0) is 14.3 Å². The molecule has 0 atom stereocenters. The Hall–Kier alpha value is -0.940. The molecule has 0 unspecified atom stereocenters. The van der Waals surface area contributed by atoms with Gasteiger partial charge >= 0.3 is 5.97 Å². The lowest BCUT2D eigenvalue weighted by Crippen LogP contribution is -2.40. The number of ether oxygens (including phenoxy) is 1. The van der Waals surface area contributed by atoms with E-state index in [0.717, 1.165) is 19.0 Å². The molecule has 2 aliphatic rings. The number of esters is 1. The van der Waals surface area contributed by atoms with E-state index in [2.05, 4.69) is 9.80 Å². The topological polar surface area (TPSA) is 49.9 Å². The van der Waals surface area contributed by atoms with Crippen LogP contribution in [-0.4, -0.2) is 67.4 Å². The van der Waals surface area contributed by atoms with Crippen molar-refractivity contribution < 1.29 is 14.3 Å². The van der Waals surface area contributed by atoms with Gasteiger partial charge in [0.25, 0.3) is 0 Å². The fourth-order valence-electron chi connectivity index (χ4n) is 3.34. The van der Waals surface area contributed by atoms with E-state index in [1.165, 1.54) is 45.3 Å². The van der Waals surface area contributed by atoms with Crippen LogP contribution in [0.3, 0.4) is 0 Å². The van der Waals surface area contributed by atoms with E-state index in [-0.39, 0.29) is 12.2 Å². The van der Waals surface area contributed by atoms with Gasteiger partial charge in [0.15, 0.2) is 5.78 Å². The molecule has 0 N–H and O–H groups in total. The summed E-state index contributed by atoms with van der Waals surface area (Å²) >= 11 is 0. The van der Waals surface area contributed by atoms with Gasteiger partial charge in [0, 0.05) is 6.54 Å². The minimum atomic E-state index is -0.397. The minimum Gasteiger partial charge on any atom is -0.466 e. The second-order valence-electron chi connectivity index (χ2n) is 6.25. The quantitative estimate of drug-likeness (QED) is 0.524. The van der Waals surface area contributed by atoms with Crippen LogP contribution >= 0.6 is 0 Å². The average molecular weight is 296 g/mol. The lowest BCUT2D eigenvalue weighted by Gasteiger charge is -2.33. The molecule has 0 bridgehead atoms. The first kappa shape index (κ1) is 16.4. The Bertz CT molecular complexity index is 345. The van der Waals surface area contributed by atoms with Crippen LogP contribution in [0.2, 0.25) is 0 Å². The SMILES string of the molecule is CCOC(=O)CC(=O)CN1CCC(CN2CCCC2)CC1. The molecule has 0 aromatic heterocycles. The van der Waals surface area contributed by atoms with Crippen molar-refractivity contribution in [1.29, 1.82) is 0 Å². The van der Waals surface area contributed by atoms with Gasteiger partial charge in [-0.3, -0.25) is 14.5 Å². The third kappa shape index (κ3) is 5.75. The van der Waals surface area contributed by atoms with Crippen LogP contribution in [0.4, 0.5) is 0 Å². The summed E-state index contributed by atoms with van der Waals surface area (Å²) in [5, 5.41) is 0. The van der Waals surface area contributed by atoms with Crippen LogP contribution < -0.4 is 0 Å². The smallest absolute Gasteiger partial charge is 0.313 e. The van der Waals surface area contributed by atoms with Gasteiger partial charge in [-0.1, -0.05) is 0 Å². The van der Waals surface area contributed by atoms with Gasteiger partial charge in [-0.05, 0) is 64.7 Å². The summed E-state index contributed by atoms with van der Waals surface area (Å²) in [7, 11) is 0. The first-order valence-electron chi connectivity index (χ1n) is 8.29. The van der Waals surface area contributed by atoms with Crippen LogP contribution in [0, 0.1) is 5.92 Å². The summed E-state index contributed by atoms with van der Waals surface area (Å²) in [6.07, 6.45) is 4.95. The average Bonchev–Trinajstić information content (AvgIpc) is 2.94. The number of piperidine rings is 1. The number of carbonyl (C=O) groups is 2. The predicted molar refractivity (Wildman–Crippen MR) is 81.1 cm³/mol. The van der Waals surface area contributed by atoms with Crippen molar-refractivity contribution >= 4 is 11.8 Å². The molecule has 0 aliphatic carbocycles. The van der Waals surface area contributed by atoms with Crippen molar-refractivity contribution in [2.75, 3.05) is 45.9 Å². The number of ketones is 1. The Morgan fingerprint density at radius 3 is 2.33 bits per heavy atom. The molecule has 2 aliphatic heterocycles. The number of nitrogens with zero attached hydrogens (tertiary/aromatic N) is 2. The van der Waals surface area contributed by atoms with Gasteiger partial charge in [-0.15, -0.1) is 0 Å². The van der Waals surface area contributed by atoms with Crippen molar-refractivity contribution in [2.24, 2.45) is 5.92 Å². The molecular formula is C16H28N2O3. The van der Waals surface area contributed by atoms with Gasteiger partial charge in [-0.2, -0.15) is 0 Å². The molecule has 0 radical (unpaired) electrons. The summed E-state index contributed by atoms with van der Waals surface area (Å²) in [5.74, 6) is 0.359. The number of rotatable bonds is 7. The summed E-state index contributed by atoms with van der Waals surface area (Å²) in [6, 6.07) is 0. The Kier molecular flexibility index (Phi) is 6.64. The number of Topliss-reactive ketones (excluding diaryl/α,β-unsaturated/α-hetero) is 1. The predicted octanol–water partition coefficient (Wildman–Crippen LogP) is 1.32. The molecule has 0 aromatic rings. The zero-order chi connectivity index (χ0) is 15.1. The Morgan fingerprint density at radius 1 is 1.05 bits per heavy atom. The monoisotopic (exact) mass is 296 g/mol. The molecule has 21 heavy (non-hydrogen) atoms. The molecule has 2 rings (SSSR count). The van der Waals surface area contributed by atoms with Gasteiger partial charge < -0.3 is 9.64 Å². The van der Waals surface area contributed by atoms with E-state index in [0.29, 0.717) is 13.2 Å². The van der Waals surface area contributed by atoms with E-state index >= 15 is 0 Å². The van der Waals surface area contributed by atoms with Gasteiger partial charge in [0.05, 0.1) is 13.2 Å². The van der Waals surface area contributed by atoms with Gasteiger partial charge in [0.2, 0.25) is 0 Å².